The van der Waals surface area contributed by atoms with Crippen molar-refractivity contribution in [3.05, 3.63) is 42.0 Å². The molecule has 0 spiro atoms. The van der Waals surface area contributed by atoms with E-state index in [1.165, 1.54) is 18.2 Å². The van der Waals surface area contributed by atoms with Crippen LogP contribution in [0.4, 0.5) is 0 Å². The summed E-state index contributed by atoms with van der Waals surface area (Å²) in [4.78, 5) is 10.9. The topological polar surface area (TPSA) is 71.4 Å². The second-order valence-corrected chi connectivity index (χ2v) is 5.93. The van der Waals surface area contributed by atoms with E-state index in [0.29, 0.717) is 10.8 Å². The third-order valence-corrected chi connectivity index (χ3v) is 3.76. The van der Waals surface area contributed by atoms with Crippen LogP contribution in [-0.4, -0.2) is 19.5 Å². The molecule has 0 fully saturated rings. The van der Waals surface area contributed by atoms with E-state index in [4.69, 9.17) is 15.8 Å². The van der Waals surface area contributed by atoms with Crippen molar-refractivity contribution >= 4 is 36.5 Å². The van der Waals surface area contributed by atoms with Gasteiger partial charge < -0.3 is 5.11 Å². The predicted molar refractivity (Wildman–Crippen MR) is 63.9 cm³/mol. The number of halogens is 1. The van der Waals surface area contributed by atoms with Gasteiger partial charge in [0.25, 0.3) is 9.05 Å². The summed E-state index contributed by atoms with van der Waals surface area (Å²) in [6, 6.07) is 8.77. The van der Waals surface area contributed by atoms with Crippen LogP contribution in [0.1, 0.15) is 10.4 Å². The number of carboxylic acid groups (broad SMARTS) is 1. The minimum atomic E-state index is -3.89. The molecule has 2 rings (SSSR count). The van der Waals surface area contributed by atoms with Crippen molar-refractivity contribution in [3.63, 3.8) is 0 Å². The summed E-state index contributed by atoms with van der Waals surface area (Å²) in [7, 11) is 1.40. The van der Waals surface area contributed by atoms with E-state index in [2.05, 4.69) is 0 Å². The van der Waals surface area contributed by atoms with Gasteiger partial charge in [-0.25, -0.2) is 13.2 Å². The zero-order valence-corrected chi connectivity index (χ0v) is 9.99. The van der Waals surface area contributed by atoms with Gasteiger partial charge in [-0.1, -0.05) is 24.3 Å². The fourth-order valence-electron chi connectivity index (χ4n) is 1.67. The van der Waals surface area contributed by atoms with Crippen molar-refractivity contribution < 1.29 is 18.3 Å². The Balaban J connectivity index is 2.95. The summed E-state index contributed by atoms with van der Waals surface area (Å²) in [5.41, 5.74) is 0.0460. The number of aromatic carboxylic acids is 1. The molecule has 0 amide bonds. The molecule has 2 aromatic carbocycles. The summed E-state index contributed by atoms with van der Waals surface area (Å²) in [6.07, 6.45) is 0. The number of carboxylic acids is 1. The summed E-state index contributed by atoms with van der Waals surface area (Å²) < 4.78 is 22.7. The molecule has 0 saturated carbocycles. The van der Waals surface area contributed by atoms with Gasteiger partial charge in [0, 0.05) is 16.1 Å². The first-order valence-electron chi connectivity index (χ1n) is 4.61. The van der Waals surface area contributed by atoms with Gasteiger partial charge in [0.1, 0.15) is 0 Å². The largest absolute Gasteiger partial charge is 0.478 e. The highest BCUT2D eigenvalue weighted by atomic mass is 35.7. The fourth-order valence-corrected chi connectivity index (χ4v) is 2.75. The molecule has 1 N–H and O–H groups in total. The zero-order valence-electron chi connectivity index (χ0n) is 8.42. The highest BCUT2D eigenvalue weighted by molar-refractivity contribution is 8.14. The molecule has 4 nitrogen and oxygen atoms in total. The number of hydrogen-bond acceptors (Lipinski definition) is 3. The van der Waals surface area contributed by atoms with Crippen molar-refractivity contribution in [2.45, 2.75) is 4.90 Å². The summed E-state index contributed by atoms with van der Waals surface area (Å²) >= 11 is 0. The maximum absolute atomic E-state index is 11.3. The zero-order chi connectivity index (χ0) is 12.6. The van der Waals surface area contributed by atoms with Gasteiger partial charge in [-0.15, -0.1) is 0 Å². The molecule has 0 atom stereocenters. The highest BCUT2D eigenvalue weighted by Gasteiger charge is 2.17. The van der Waals surface area contributed by atoms with Gasteiger partial charge in [-0.2, -0.15) is 0 Å². The molecule has 2 aromatic rings. The number of carbonyl (C=O) groups is 1. The Morgan fingerprint density at radius 2 is 1.65 bits per heavy atom. The van der Waals surface area contributed by atoms with Crippen LogP contribution in [0.3, 0.4) is 0 Å². The lowest BCUT2D eigenvalue weighted by atomic mass is 10.0. The minimum Gasteiger partial charge on any atom is -0.478 e. The van der Waals surface area contributed by atoms with Gasteiger partial charge >= 0.3 is 5.97 Å². The van der Waals surface area contributed by atoms with Crippen molar-refractivity contribution in [2.24, 2.45) is 0 Å². The maximum atomic E-state index is 11.3. The van der Waals surface area contributed by atoms with Gasteiger partial charge in [0.2, 0.25) is 0 Å². The standard InChI is InChI=1S/C11H7ClO4S/c12-17(15,16)10-6-5-9(11(13)14)7-3-1-2-4-8(7)10/h1-6H,(H,13,14). The van der Waals surface area contributed by atoms with Crippen molar-refractivity contribution in [2.75, 3.05) is 0 Å². The number of rotatable bonds is 2. The van der Waals surface area contributed by atoms with Gasteiger partial charge in [0.05, 0.1) is 10.5 Å². The second kappa shape index (κ2) is 4.01. The summed E-state index contributed by atoms with van der Waals surface area (Å²) in [5, 5.41) is 9.65. The smallest absolute Gasteiger partial charge is 0.336 e. The lowest BCUT2D eigenvalue weighted by molar-refractivity contribution is 0.0699. The Labute approximate surface area is 102 Å². The van der Waals surface area contributed by atoms with Gasteiger partial charge in [-0.05, 0) is 17.5 Å². The van der Waals surface area contributed by atoms with Crippen LogP contribution >= 0.6 is 10.7 Å². The van der Waals surface area contributed by atoms with Crippen molar-refractivity contribution in [1.82, 2.24) is 0 Å². The molecule has 0 aliphatic heterocycles. The molecule has 0 radical (unpaired) electrons. The van der Waals surface area contributed by atoms with E-state index in [1.807, 2.05) is 0 Å². The molecule has 17 heavy (non-hydrogen) atoms. The van der Waals surface area contributed by atoms with E-state index in [1.54, 1.807) is 18.2 Å². The van der Waals surface area contributed by atoms with E-state index in [0.717, 1.165) is 0 Å². The molecule has 88 valence electrons. The Kier molecular flexibility index (Phi) is 2.81. The fraction of sp³-hybridized carbons (Fsp3) is 0. The first kappa shape index (κ1) is 11.9. The van der Waals surface area contributed by atoms with E-state index < -0.39 is 15.0 Å². The van der Waals surface area contributed by atoms with Crippen LogP contribution in [0.2, 0.25) is 0 Å². The van der Waals surface area contributed by atoms with Gasteiger partial charge in [-0.3, -0.25) is 0 Å². The van der Waals surface area contributed by atoms with Crippen LogP contribution in [0.25, 0.3) is 10.8 Å². The molecule has 6 heteroatoms. The van der Waals surface area contributed by atoms with E-state index in [9.17, 15) is 13.2 Å². The quantitative estimate of drug-likeness (QED) is 0.851. The number of hydrogen-bond donors (Lipinski definition) is 1. The molecule has 0 heterocycles. The Morgan fingerprint density at radius 1 is 1.06 bits per heavy atom. The van der Waals surface area contributed by atoms with Crippen LogP contribution in [0.15, 0.2) is 41.3 Å². The molecular weight excluding hydrogens is 264 g/mol. The monoisotopic (exact) mass is 270 g/mol. The number of fused-ring (bicyclic) bond motifs is 1. The van der Waals surface area contributed by atoms with Crippen molar-refractivity contribution in [3.8, 4) is 0 Å². The predicted octanol–water partition coefficient (Wildman–Crippen LogP) is 2.47. The molecule has 0 aliphatic rings. The third-order valence-electron chi connectivity index (χ3n) is 2.38. The first-order valence-corrected chi connectivity index (χ1v) is 6.92. The Morgan fingerprint density at radius 3 is 2.18 bits per heavy atom. The summed E-state index contributed by atoms with van der Waals surface area (Å²) in [5.74, 6) is -1.11. The second-order valence-electron chi connectivity index (χ2n) is 3.40. The van der Waals surface area contributed by atoms with Gasteiger partial charge in [0.15, 0.2) is 0 Å². The number of benzene rings is 2. The van der Waals surface area contributed by atoms with Crippen molar-refractivity contribution in [1.29, 1.82) is 0 Å². The van der Waals surface area contributed by atoms with Crippen LogP contribution in [0, 0.1) is 0 Å². The average molecular weight is 271 g/mol. The van der Waals surface area contributed by atoms with E-state index >= 15 is 0 Å². The summed E-state index contributed by atoms with van der Waals surface area (Å²) in [6.45, 7) is 0. The van der Waals surface area contributed by atoms with Crippen LogP contribution in [-0.2, 0) is 9.05 Å². The van der Waals surface area contributed by atoms with Crippen LogP contribution in [0.5, 0.6) is 0 Å². The minimum absolute atomic E-state index is 0.0460. The normalized spacial score (nSPS) is 11.6. The molecule has 0 saturated heterocycles. The highest BCUT2D eigenvalue weighted by Crippen LogP contribution is 2.28. The molecule has 0 aliphatic carbocycles. The maximum Gasteiger partial charge on any atom is 0.336 e. The van der Waals surface area contributed by atoms with E-state index in [-0.39, 0.29) is 10.5 Å². The molecule has 0 aromatic heterocycles. The molecule has 0 bridgehead atoms. The average Bonchev–Trinajstić information content (AvgIpc) is 2.26. The van der Waals surface area contributed by atoms with Crippen LogP contribution < -0.4 is 0 Å². The third kappa shape index (κ3) is 2.11. The lowest BCUT2D eigenvalue weighted by Gasteiger charge is -2.06. The Bertz CT molecular complexity index is 706. The molecule has 0 unspecified atom stereocenters. The lowest BCUT2D eigenvalue weighted by Crippen LogP contribution is -2.00. The SMILES string of the molecule is O=C(O)c1ccc(S(=O)(=O)Cl)c2ccccc12. The molecular formula is C11H7ClO4S. The first-order chi connectivity index (χ1) is 7.91. The Hall–Kier alpha value is -1.59.